The van der Waals surface area contributed by atoms with E-state index in [9.17, 15) is 4.79 Å². The second-order valence-electron chi connectivity index (χ2n) is 6.86. The Morgan fingerprint density at radius 3 is 2.00 bits per heavy atom. The molecule has 1 amide bonds. The van der Waals surface area contributed by atoms with Gasteiger partial charge in [-0.25, -0.2) is 0 Å². The maximum Gasteiger partial charge on any atom is 0.243 e. The Kier molecular flexibility index (Phi) is 4.16. The number of carbonyl (C=O) groups is 1. The Morgan fingerprint density at radius 2 is 1.67 bits per heavy atom. The van der Waals surface area contributed by atoms with Crippen LogP contribution in [0.5, 0.6) is 0 Å². The van der Waals surface area contributed by atoms with Gasteiger partial charge in [0, 0.05) is 17.6 Å². The van der Waals surface area contributed by atoms with Crippen LogP contribution in [0, 0.1) is 0 Å². The molecule has 0 saturated carbocycles. The first kappa shape index (κ1) is 15.5. The van der Waals surface area contributed by atoms with Gasteiger partial charge in [0.15, 0.2) is 0 Å². The van der Waals surface area contributed by atoms with Gasteiger partial charge in [-0.05, 0) is 47.0 Å². The molecule has 0 aromatic heterocycles. The predicted octanol–water partition coefficient (Wildman–Crippen LogP) is 2.94. The van der Waals surface area contributed by atoms with Crippen molar-refractivity contribution >= 4 is 5.91 Å². The first-order valence-electron chi connectivity index (χ1n) is 7.25. The largest absolute Gasteiger partial charge is 0.334 e. The minimum Gasteiger partial charge on any atom is -0.334 e. The number of nitrogens with one attached hydrogen (secondary N) is 1. The molecule has 1 heterocycles. The van der Waals surface area contributed by atoms with Gasteiger partial charge in [0.25, 0.3) is 0 Å². The molecular formula is C15H30N2O. The number of piperazine rings is 1. The van der Waals surface area contributed by atoms with E-state index in [1.165, 1.54) is 0 Å². The predicted molar refractivity (Wildman–Crippen MR) is 76.6 cm³/mol. The summed E-state index contributed by atoms with van der Waals surface area (Å²) in [4.78, 5) is 14.8. The van der Waals surface area contributed by atoms with E-state index < -0.39 is 5.54 Å². The zero-order valence-corrected chi connectivity index (χ0v) is 13.2. The molecule has 3 nitrogen and oxygen atoms in total. The maximum atomic E-state index is 12.7. The van der Waals surface area contributed by atoms with Crippen molar-refractivity contribution < 1.29 is 4.79 Å². The van der Waals surface area contributed by atoms with Crippen molar-refractivity contribution in [3.63, 3.8) is 0 Å². The van der Waals surface area contributed by atoms with Gasteiger partial charge in [0.2, 0.25) is 5.91 Å². The van der Waals surface area contributed by atoms with Gasteiger partial charge < -0.3 is 4.90 Å². The average molecular weight is 254 g/mol. The highest BCUT2D eigenvalue weighted by Crippen LogP contribution is 2.33. The lowest BCUT2D eigenvalue weighted by Crippen LogP contribution is -2.74. The summed E-state index contributed by atoms with van der Waals surface area (Å²) in [5.74, 6) is 0.245. The second-order valence-corrected chi connectivity index (χ2v) is 6.86. The Morgan fingerprint density at radius 1 is 1.17 bits per heavy atom. The summed E-state index contributed by atoms with van der Waals surface area (Å²) in [5.41, 5.74) is -0.464. The molecule has 18 heavy (non-hydrogen) atoms. The van der Waals surface area contributed by atoms with Gasteiger partial charge in [-0.15, -0.1) is 0 Å². The van der Waals surface area contributed by atoms with E-state index in [0.717, 1.165) is 25.8 Å². The first-order chi connectivity index (χ1) is 8.14. The van der Waals surface area contributed by atoms with Crippen LogP contribution in [-0.4, -0.2) is 34.0 Å². The molecular weight excluding hydrogens is 224 g/mol. The molecule has 1 rings (SSSR count). The molecule has 1 aliphatic heterocycles. The van der Waals surface area contributed by atoms with Gasteiger partial charge in [-0.1, -0.05) is 20.8 Å². The quantitative estimate of drug-likeness (QED) is 0.840. The van der Waals surface area contributed by atoms with E-state index in [4.69, 9.17) is 0 Å². The van der Waals surface area contributed by atoms with E-state index in [2.05, 4.69) is 51.8 Å². The number of nitrogens with zero attached hydrogens (tertiary/aromatic N) is 1. The summed E-state index contributed by atoms with van der Waals surface area (Å²) in [6, 6.07) is 0. The number of amides is 1. The fourth-order valence-corrected chi connectivity index (χ4v) is 2.78. The summed E-state index contributed by atoms with van der Waals surface area (Å²) in [5, 5.41) is 3.65. The summed E-state index contributed by atoms with van der Waals surface area (Å²) >= 11 is 0. The van der Waals surface area contributed by atoms with Crippen molar-refractivity contribution in [1.29, 1.82) is 0 Å². The lowest BCUT2D eigenvalue weighted by molar-refractivity contribution is -0.152. The highest BCUT2D eigenvalue weighted by Gasteiger charge is 2.50. The van der Waals surface area contributed by atoms with Gasteiger partial charge in [0.05, 0.1) is 5.54 Å². The van der Waals surface area contributed by atoms with Gasteiger partial charge >= 0.3 is 0 Å². The van der Waals surface area contributed by atoms with Crippen molar-refractivity contribution in [2.24, 2.45) is 0 Å². The van der Waals surface area contributed by atoms with Crippen LogP contribution in [0.2, 0.25) is 0 Å². The number of rotatable bonds is 3. The molecule has 3 heteroatoms. The zero-order chi connectivity index (χ0) is 14.2. The molecule has 0 bridgehead atoms. The van der Waals surface area contributed by atoms with Crippen LogP contribution >= 0.6 is 0 Å². The van der Waals surface area contributed by atoms with Crippen molar-refractivity contribution in [3.05, 3.63) is 0 Å². The van der Waals surface area contributed by atoms with E-state index in [1.807, 2.05) is 6.92 Å². The van der Waals surface area contributed by atoms with Gasteiger partial charge in [-0.2, -0.15) is 0 Å². The van der Waals surface area contributed by atoms with E-state index in [1.54, 1.807) is 0 Å². The molecule has 0 spiro atoms. The van der Waals surface area contributed by atoms with Gasteiger partial charge in [-0.3, -0.25) is 10.1 Å². The van der Waals surface area contributed by atoms with Gasteiger partial charge in [0.1, 0.15) is 0 Å². The standard InChI is InChI=1S/C15H30N2O/c1-8-14(7)12(18)17(13(4,5)6)11-15(9-2,10-3)16-14/h16H,8-11H2,1-7H3. The van der Waals surface area contributed by atoms with Crippen molar-refractivity contribution in [2.75, 3.05) is 6.54 Å². The highest BCUT2D eigenvalue weighted by molar-refractivity contribution is 5.87. The third-order valence-corrected chi connectivity index (χ3v) is 4.59. The third-order valence-electron chi connectivity index (χ3n) is 4.59. The molecule has 1 aliphatic rings. The van der Waals surface area contributed by atoms with Crippen LogP contribution in [0.15, 0.2) is 0 Å². The van der Waals surface area contributed by atoms with Crippen LogP contribution < -0.4 is 5.32 Å². The lowest BCUT2D eigenvalue weighted by Gasteiger charge is -2.54. The molecule has 1 saturated heterocycles. The molecule has 0 aromatic carbocycles. The SMILES string of the molecule is CCC1(CC)CN(C(C)(C)C)C(=O)C(C)(CC)N1. The van der Waals surface area contributed by atoms with E-state index in [0.29, 0.717) is 0 Å². The van der Waals surface area contributed by atoms with Crippen LogP contribution in [0.25, 0.3) is 0 Å². The minimum absolute atomic E-state index is 0.0615. The summed E-state index contributed by atoms with van der Waals surface area (Å²) in [6.45, 7) is 15.8. The lowest BCUT2D eigenvalue weighted by atomic mass is 9.80. The fourth-order valence-electron chi connectivity index (χ4n) is 2.78. The Balaban J connectivity index is 3.18. The number of carbonyl (C=O) groups excluding carboxylic acids is 1. The Bertz CT molecular complexity index is 315. The van der Waals surface area contributed by atoms with Crippen molar-refractivity contribution in [3.8, 4) is 0 Å². The first-order valence-corrected chi connectivity index (χ1v) is 7.25. The molecule has 0 aromatic rings. The minimum atomic E-state index is -0.419. The molecule has 1 fully saturated rings. The topological polar surface area (TPSA) is 32.3 Å². The highest BCUT2D eigenvalue weighted by atomic mass is 16.2. The number of hydrogen-bond acceptors (Lipinski definition) is 2. The summed E-state index contributed by atoms with van der Waals surface area (Å²) in [6.07, 6.45) is 2.94. The van der Waals surface area contributed by atoms with Crippen molar-refractivity contribution in [2.45, 2.75) is 84.3 Å². The number of hydrogen-bond donors (Lipinski definition) is 1. The maximum absolute atomic E-state index is 12.7. The monoisotopic (exact) mass is 254 g/mol. The zero-order valence-electron chi connectivity index (χ0n) is 13.2. The molecule has 1 N–H and O–H groups in total. The fraction of sp³-hybridized carbons (Fsp3) is 0.933. The molecule has 1 atom stereocenters. The van der Waals surface area contributed by atoms with E-state index in [-0.39, 0.29) is 17.0 Å². The van der Waals surface area contributed by atoms with Crippen LogP contribution in [0.3, 0.4) is 0 Å². The molecule has 1 unspecified atom stereocenters. The second kappa shape index (κ2) is 4.84. The van der Waals surface area contributed by atoms with Crippen LogP contribution in [0.4, 0.5) is 0 Å². The third kappa shape index (κ3) is 2.56. The smallest absolute Gasteiger partial charge is 0.243 e. The molecule has 0 aliphatic carbocycles. The normalized spacial score (nSPS) is 28.6. The summed E-state index contributed by atoms with van der Waals surface area (Å²) in [7, 11) is 0. The summed E-state index contributed by atoms with van der Waals surface area (Å²) < 4.78 is 0. The Hall–Kier alpha value is -0.570. The van der Waals surface area contributed by atoms with Crippen LogP contribution in [0.1, 0.15) is 67.7 Å². The average Bonchev–Trinajstić information content (AvgIpc) is 2.31. The van der Waals surface area contributed by atoms with Crippen molar-refractivity contribution in [1.82, 2.24) is 10.2 Å². The Labute approximate surface area is 112 Å². The van der Waals surface area contributed by atoms with E-state index >= 15 is 0 Å². The van der Waals surface area contributed by atoms with Crippen LogP contribution in [-0.2, 0) is 4.79 Å². The molecule has 0 radical (unpaired) electrons. The molecule has 106 valence electrons.